The first-order valence-electron chi connectivity index (χ1n) is 3.29. The molecule has 50 valence electrons. The molecule has 1 aliphatic rings. The number of aliphatic imine (C=N–C) groups is 1. The summed E-state index contributed by atoms with van der Waals surface area (Å²) in [6.45, 7) is 3.01. The van der Waals surface area contributed by atoms with Gasteiger partial charge < -0.3 is 5.32 Å². The highest BCUT2D eigenvalue weighted by Gasteiger charge is 1.94. The highest BCUT2D eigenvalue weighted by Crippen LogP contribution is 1.88. The fourth-order valence-electron chi connectivity index (χ4n) is 0.721. The summed E-state index contributed by atoms with van der Waals surface area (Å²) in [6.07, 6.45) is 6.97. The van der Waals surface area contributed by atoms with Crippen LogP contribution in [-0.4, -0.2) is 18.8 Å². The molecule has 0 aromatic carbocycles. The second kappa shape index (κ2) is 3.28. The number of nitrogens with zero attached hydrogens (tertiary/aromatic N) is 1. The van der Waals surface area contributed by atoms with Crippen molar-refractivity contribution in [3.63, 3.8) is 0 Å². The van der Waals surface area contributed by atoms with Crippen LogP contribution in [0.25, 0.3) is 0 Å². The first kappa shape index (κ1) is 6.33. The zero-order chi connectivity index (χ0) is 6.53. The Kier molecular flexibility index (Phi) is 2.31. The lowest BCUT2D eigenvalue weighted by Crippen LogP contribution is -2.24. The SMILES string of the molecule is CC1CN=CC/C=C\N1. The second-order valence-corrected chi connectivity index (χ2v) is 2.25. The molecule has 1 unspecified atom stereocenters. The van der Waals surface area contributed by atoms with Gasteiger partial charge in [0.05, 0.1) is 6.54 Å². The van der Waals surface area contributed by atoms with Gasteiger partial charge >= 0.3 is 0 Å². The Morgan fingerprint density at radius 2 is 2.56 bits per heavy atom. The third-order valence-corrected chi connectivity index (χ3v) is 1.25. The normalized spacial score (nSPS) is 30.1. The summed E-state index contributed by atoms with van der Waals surface area (Å²) in [4.78, 5) is 4.17. The first-order chi connectivity index (χ1) is 4.39. The maximum Gasteiger partial charge on any atom is 0.0584 e. The molecule has 0 amide bonds. The van der Waals surface area contributed by atoms with E-state index in [2.05, 4.69) is 23.3 Å². The van der Waals surface area contributed by atoms with Crippen molar-refractivity contribution in [3.05, 3.63) is 12.3 Å². The van der Waals surface area contributed by atoms with E-state index in [0.29, 0.717) is 6.04 Å². The van der Waals surface area contributed by atoms with Crippen molar-refractivity contribution in [2.75, 3.05) is 6.54 Å². The Hall–Kier alpha value is -0.790. The molecule has 9 heavy (non-hydrogen) atoms. The Morgan fingerprint density at radius 1 is 1.67 bits per heavy atom. The lowest BCUT2D eigenvalue weighted by molar-refractivity contribution is 0.647. The molecule has 0 aliphatic carbocycles. The van der Waals surface area contributed by atoms with E-state index in [-0.39, 0.29) is 0 Å². The quantitative estimate of drug-likeness (QED) is 0.511. The van der Waals surface area contributed by atoms with Crippen molar-refractivity contribution >= 4 is 6.21 Å². The van der Waals surface area contributed by atoms with E-state index in [0.717, 1.165) is 13.0 Å². The van der Waals surface area contributed by atoms with Crippen LogP contribution in [0.1, 0.15) is 13.3 Å². The molecule has 0 aromatic rings. The third kappa shape index (κ3) is 2.31. The Morgan fingerprint density at radius 3 is 3.44 bits per heavy atom. The van der Waals surface area contributed by atoms with E-state index in [1.54, 1.807) is 0 Å². The summed E-state index contributed by atoms with van der Waals surface area (Å²) in [5.41, 5.74) is 0. The number of allylic oxidation sites excluding steroid dienone is 1. The molecule has 0 aromatic heterocycles. The standard InChI is InChI=1S/C7H12N2/c1-7-6-8-4-2-3-5-9-7/h3-5,7,9H,2,6H2,1H3/b5-3-,8-4?. The summed E-state index contributed by atoms with van der Waals surface area (Å²) >= 11 is 0. The molecule has 0 radical (unpaired) electrons. The molecule has 0 bridgehead atoms. The van der Waals surface area contributed by atoms with Crippen LogP contribution in [-0.2, 0) is 0 Å². The summed E-state index contributed by atoms with van der Waals surface area (Å²) < 4.78 is 0. The van der Waals surface area contributed by atoms with Crippen molar-refractivity contribution in [3.8, 4) is 0 Å². The van der Waals surface area contributed by atoms with Crippen molar-refractivity contribution in [2.45, 2.75) is 19.4 Å². The Balaban J connectivity index is 2.40. The maximum atomic E-state index is 4.17. The molecule has 1 heterocycles. The second-order valence-electron chi connectivity index (χ2n) is 2.25. The van der Waals surface area contributed by atoms with Crippen LogP contribution in [0, 0.1) is 0 Å². The lowest BCUT2D eigenvalue weighted by Gasteiger charge is -2.09. The van der Waals surface area contributed by atoms with Crippen molar-refractivity contribution in [2.24, 2.45) is 4.99 Å². The largest absolute Gasteiger partial charge is 0.387 e. The van der Waals surface area contributed by atoms with Crippen LogP contribution in [0.4, 0.5) is 0 Å². The molecule has 1 rings (SSSR count). The lowest BCUT2D eigenvalue weighted by atomic mass is 10.3. The predicted molar refractivity (Wildman–Crippen MR) is 39.7 cm³/mol. The van der Waals surface area contributed by atoms with E-state index in [4.69, 9.17) is 0 Å². The van der Waals surface area contributed by atoms with E-state index >= 15 is 0 Å². The summed E-state index contributed by atoms with van der Waals surface area (Å²) in [5.74, 6) is 0. The molecule has 1 aliphatic heterocycles. The van der Waals surface area contributed by atoms with E-state index in [9.17, 15) is 0 Å². The number of hydrogen-bond acceptors (Lipinski definition) is 2. The zero-order valence-corrected chi connectivity index (χ0v) is 5.67. The highest BCUT2D eigenvalue weighted by atomic mass is 14.9. The van der Waals surface area contributed by atoms with Gasteiger partial charge in [-0.1, -0.05) is 6.08 Å². The molecule has 1 atom stereocenters. The van der Waals surface area contributed by atoms with E-state index in [1.807, 2.05) is 12.4 Å². The predicted octanol–water partition coefficient (Wildman–Crippen LogP) is 0.953. The Labute approximate surface area is 55.7 Å². The first-order valence-corrected chi connectivity index (χ1v) is 3.29. The third-order valence-electron chi connectivity index (χ3n) is 1.25. The topological polar surface area (TPSA) is 24.4 Å². The minimum Gasteiger partial charge on any atom is -0.387 e. The van der Waals surface area contributed by atoms with Crippen LogP contribution in [0.2, 0.25) is 0 Å². The van der Waals surface area contributed by atoms with Gasteiger partial charge in [0, 0.05) is 18.7 Å². The van der Waals surface area contributed by atoms with Gasteiger partial charge in [0.1, 0.15) is 0 Å². The van der Waals surface area contributed by atoms with Crippen LogP contribution in [0.3, 0.4) is 0 Å². The minimum atomic E-state index is 0.484. The molecule has 2 heteroatoms. The molecule has 1 N–H and O–H groups in total. The molecule has 0 spiro atoms. The summed E-state index contributed by atoms with van der Waals surface area (Å²) in [7, 11) is 0. The van der Waals surface area contributed by atoms with E-state index < -0.39 is 0 Å². The maximum absolute atomic E-state index is 4.17. The van der Waals surface area contributed by atoms with Crippen molar-refractivity contribution < 1.29 is 0 Å². The van der Waals surface area contributed by atoms with Crippen LogP contribution < -0.4 is 5.32 Å². The number of hydrogen-bond donors (Lipinski definition) is 1. The van der Waals surface area contributed by atoms with Gasteiger partial charge in [-0.3, -0.25) is 4.99 Å². The molecule has 0 fully saturated rings. The molecule has 0 saturated carbocycles. The van der Waals surface area contributed by atoms with E-state index in [1.165, 1.54) is 0 Å². The highest BCUT2D eigenvalue weighted by molar-refractivity contribution is 5.59. The Bertz CT molecular complexity index is 113. The monoisotopic (exact) mass is 124 g/mol. The van der Waals surface area contributed by atoms with Gasteiger partial charge in [0.25, 0.3) is 0 Å². The van der Waals surface area contributed by atoms with Crippen LogP contribution in [0.5, 0.6) is 0 Å². The van der Waals surface area contributed by atoms with Gasteiger partial charge in [-0.25, -0.2) is 0 Å². The van der Waals surface area contributed by atoms with Crippen LogP contribution in [0.15, 0.2) is 17.3 Å². The minimum absolute atomic E-state index is 0.484. The van der Waals surface area contributed by atoms with Gasteiger partial charge in [-0.05, 0) is 13.1 Å². The molecule has 0 saturated heterocycles. The average molecular weight is 124 g/mol. The van der Waals surface area contributed by atoms with Crippen molar-refractivity contribution in [1.29, 1.82) is 0 Å². The van der Waals surface area contributed by atoms with Gasteiger partial charge in [0.15, 0.2) is 0 Å². The fourth-order valence-corrected chi connectivity index (χ4v) is 0.721. The van der Waals surface area contributed by atoms with Gasteiger partial charge in [-0.15, -0.1) is 0 Å². The average Bonchev–Trinajstić information content (AvgIpc) is 1.79. The molecule has 2 nitrogen and oxygen atoms in total. The number of nitrogens with one attached hydrogen (secondary N) is 1. The van der Waals surface area contributed by atoms with Gasteiger partial charge in [0.2, 0.25) is 0 Å². The smallest absolute Gasteiger partial charge is 0.0584 e. The van der Waals surface area contributed by atoms with Gasteiger partial charge in [-0.2, -0.15) is 0 Å². The van der Waals surface area contributed by atoms with Crippen molar-refractivity contribution in [1.82, 2.24) is 5.32 Å². The number of rotatable bonds is 0. The van der Waals surface area contributed by atoms with Crippen LogP contribution >= 0.6 is 0 Å². The summed E-state index contributed by atoms with van der Waals surface area (Å²) in [6, 6.07) is 0.484. The summed E-state index contributed by atoms with van der Waals surface area (Å²) in [5, 5.41) is 3.19. The molecular formula is C7H12N2. The fraction of sp³-hybridized carbons (Fsp3) is 0.571. The molecular weight excluding hydrogens is 112 g/mol. The zero-order valence-electron chi connectivity index (χ0n) is 5.67.